The van der Waals surface area contributed by atoms with Crippen LogP contribution < -0.4 is 0 Å². The van der Waals surface area contributed by atoms with Crippen molar-refractivity contribution in [1.29, 1.82) is 0 Å². The molecule has 2 atom stereocenters. The van der Waals surface area contributed by atoms with Gasteiger partial charge < -0.3 is 0 Å². The van der Waals surface area contributed by atoms with Crippen molar-refractivity contribution in [1.82, 2.24) is 8.61 Å². The Balaban J connectivity index is 2.16. The number of rotatable bonds is 4. The summed E-state index contributed by atoms with van der Waals surface area (Å²) < 4.78 is 29.1. The highest BCUT2D eigenvalue weighted by atomic mass is 35.5. The van der Waals surface area contributed by atoms with Crippen LogP contribution in [-0.4, -0.2) is 48.1 Å². The monoisotopic (exact) mass is 308 g/mol. The van der Waals surface area contributed by atoms with Crippen molar-refractivity contribution >= 4 is 21.8 Å². The van der Waals surface area contributed by atoms with Gasteiger partial charge in [0.1, 0.15) is 0 Å². The third-order valence-electron chi connectivity index (χ3n) is 4.35. The Bertz CT molecular complexity index is 386. The summed E-state index contributed by atoms with van der Waals surface area (Å²) in [4.78, 5) is 0. The molecule has 0 aromatic rings. The predicted molar refractivity (Wildman–Crippen MR) is 78.6 cm³/mol. The molecular formula is C13H25ClN2O2S. The SMILES string of the molecule is CC1CCCCN1S(=O)(=O)N1CCCCC1CCCl. The summed E-state index contributed by atoms with van der Waals surface area (Å²) >= 11 is 5.83. The Morgan fingerprint density at radius 1 is 1.05 bits per heavy atom. The van der Waals surface area contributed by atoms with Crippen LogP contribution in [0.1, 0.15) is 51.9 Å². The lowest BCUT2D eigenvalue weighted by atomic mass is 10.0. The third-order valence-corrected chi connectivity index (χ3v) is 6.78. The van der Waals surface area contributed by atoms with Gasteiger partial charge in [-0.05, 0) is 39.0 Å². The lowest BCUT2D eigenvalue weighted by Gasteiger charge is -2.41. The molecule has 0 amide bonds. The van der Waals surface area contributed by atoms with E-state index in [2.05, 4.69) is 0 Å². The number of piperidine rings is 2. The molecule has 2 rings (SSSR count). The van der Waals surface area contributed by atoms with E-state index in [9.17, 15) is 8.42 Å². The largest absolute Gasteiger partial charge is 0.282 e. The molecule has 2 saturated heterocycles. The van der Waals surface area contributed by atoms with E-state index in [0.29, 0.717) is 19.0 Å². The average Bonchev–Trinajstić information content (AvgIpc) is 2.40. The van der Waals surface area contributed by atoms with Gasteiger partial charge in [-0.15, -0.1) is 11.6 Å². The lowest BCUT2D eigenvalue weighted by Crippen LogP contribution is -2.54. The molecular weight excluding hydrogens is 284 g/mol. The summed E-state index contributed by atoms with van der Waals surface area (Å²) in [6.07, 6.45) is 6.91. The molecule has 2 aliphatic heterocycles. The second-order valence-electron chi connectivity index (χ2n) is 5.70. The molecule has 0 saturated carbocycles. The fourth-order valence-electron chi connectivity index (χ4n) is 3.24. The molecule has 112 valence electrons. The first-order valence-corrected chi connectivity index (χ1v) is 9.35. The van der Waals surface area contributed by atoms with Crippen molar-refractivity contribution in [2.75, 3.05) is 19.0 Å². The molecule has 0 aromatic carbocycles. The normalized spacial score (nSPS) is 31.5. The van der Waals surface area contributed by atoms with Crippen LogP contribution in [0.5, 0.6) is 0 Å². The van der Waals surface area contributed by atoms with Gasteiger partial charge in [-0.25, -0.2) is 0 Å². The first-order chi connectivity index (χ1) is 9.07. The molecule has 4 nitrogen and oxygen atoms in total. The molecule has 2 fully saturated rings. The summed E-state index contributed by atoms with van der Waals surface area (Å²) in [6.45, 7) is 3.36. The minimum atomic E-state index is -3.30. The maximum atomic E-state index is 12.8. The zero-order valence-corrected chi connectivity index (χ0v) is 13.3. The first-order valence-electron chi connectivity index (χ1n) is 7.42. The molecule has 2 aliphatic rings. The maximum absolute atomic E-state index is 12.8. The minimum Gasteiger partial charge on any atom is -0.195 e. The van der Waals surface area contributed by atoms with Crippen molar-refractivity contribution in [3.05, 3.63) is 0 Å². The van der Waals surface area contributed by atoms with Gasteiger partial charge in [-0.1, -0.05) is 12.8 Å². The van der Waals surface area contributed by atoms with E-state index in [-0.39, 0.29) is 12.1 Å². The number of hydrogen-bond donors (Lipinski definition) is 0. The number of hydrogen-bond acceptors (Lipinski definition) is 2. The van der Waals surface area contributed by atoms with Crippen molar-refractivity contribution < 1.29 is 8.42 Å². The topological polar surface area (TPSA) is 40.6 Å². The summed E-state index contributed by atoms with van der Waals surface area (Å²) in [5, 5.41) is 0. The molecule has 6 heteroatoms. The predicted octanol–water partition coefficient (Wildman–Crippen LogP) is 2.59. The molecule has 19 heavy (non-hydrogen) atoms. The second kappa shape index (κ2) is 6.74. The molecule has 2 unspecified atom stereocenters. The van der Waals surface area contributed by atoms with Crippen molar-refractivity contribution in [2.24, 2.45) is 0 Å². The van der Waals surface area contributed by atoms with Crippen LogP contribution in [0.15, 0.2) is 0 Å². The molecule has 2 heterocycles. The van der Waals surface area contributed by atoms with Gasteiger partial charge in [0.05, 0.1) is 0 Å². The number of halogens is 1. The van der Waals surface area contributed by atoms with Crippen LogP contribution in [0.25, 0.3) is 0 Å². The standard InChI is InChI=1S/C13H25ClN2O2S/c1-12-6-2-4-10-15(12)19(17,18)16-11-5-3-7-13(16)8-9-14/h12-13H,2-11H2,1H3. The maximum Gasteiger partial charge on any atom is 0.282 e. The Hall–Kier alpha value is 0.160. The average molecular weight is 309 g/mol. The lowest BCUT2D eigenvalue weighted by molar-refractivity contribution is 0.199. The zero-order valence-electron chi connectivity index (χ0n) is 11.7. The van der Waals surface area contributed by atoms with Crippen molar-refractivity contribution in [2.45, 2.75) is 64.0 Å². The number of alkyl halides is 1. The Morgan fingerprint density at radius 2 is 1.68 bits per heavy atom. The van der Waals surface area contributed by atoms with E-state index >= 15 is 0 Å². The Morgan fingerprint density at radius 3 is 2.32 bits per heavy atom. The second-order valence-corrected chi connectivity index (χ2v) is 7.91. The van der Waals surface area contributed by atoms with Crippen molar-refractivity contribution in [3.63, 3.8) is 0 Å². The van der Waals surface area contributed by atoms with E-state index in [0.717, 1.165) is 44.9 Å². The Kier molecular flexibility index (Phi) is 5.52. The summed E-state index contributed by atoms with van der Waals surface area (Å²) in [5.41, 5.74) is 0. The van der Waals surface area contributed by atoms with Crippen molar-refractivity contribution in [3.8, 4) is 0 Å². The van der Waals surface area contributed by atoms with Gasteiger partial charge in [-0.3, -0.25) is 0 Å². The summed E-state index contributed by atoms with van der Waals surface area (Å²) in [6, 6.07) is 0.239. The first kappa shape index (κ1) is 15.5. The zero-order chi connectivity index (χ0) is 13.9. The van der Waals surface area contributed by atoms with E-state index in [1.165, 1.54) is 0 Å². The van der Waals surface area contributed by atoms with Gasteiger partial charge in [0, 0.05) is 31.1 Å². The van der Waals surface area contributed by atoms with Crippen LogP contribution in [0.2, 0.25) is 0 Å². The molecule has 0 N–H and O–H groups in total. The van der Waals surface area contributed by atoms with Gasteiger partial charge in [0.25, 0.3) is 10.2 Å². The highest BCUT2D eigenvalue weighted by molar-refractivity contribution is 7.86. The minimum absolute atomic E-state index is 0.102. The van der Waals surface area contributed by atoms with Gasteiger partial charge in [-0.2, -0.15) is 17.0 Å². The van der Waals surface area contributed by atoms with Gasteiger partial charge >= 0.3 is 0 Å². The van der Waals surface area contributed by atoms with Crippen LogP contribution in [0, 0.1) is 0 Å². The van der Waals surface area contributed by atoms with Gasteiger partial charge in [0.2, 0.25) is 0 Å². The number of nitrogens with zero attached hydrogens (tertiary/aromatic N) is 2. The quantitative estimate of drug-likeness (QED) is 0.749. The highest BCUT2D eigenvalue weighted by Gasteiger charge is 2.38. The van der Waals surface area contributed by atoms with E-state index in [1.54, 1.807) is 8.61 Å². The fraction of sp³-hybridized carbons (Fsp3) is 1.00. The smallest absolute Gasteiger partial charge is 0.195 e. The summed E-state index contributed by atoms with van der Waals surface area (Å²) in [5.74, 6) is 0.534. The summed E-state index contributed by atoms with van der Waals surface area (Å²) in [7, 11) is -3.30. The van der Waals surface area contributed by atoms with Gasteiger partial charge in [0.15, 0.2) is 0 Å². The van der Waals surface area contributed by atoms with Crippen LogP contribution in [0.4, 0.5) is 0 Å². The molecule has 0 radical (unpaired) electrons. The van der Waals surface area contributed by atoms with Crippen LogP contribution in [-0.2, 0) is 10.2 Å². The van der Waals surface area contributed by atoms with E-state index < -0.39 is 10.2 Å². The molecule has 0 aromatic heterocycles. The van der Waals surface area contributed by atoms with E-state index in [4.69, 9.17) is 11.6 Å². The highest BCUT2D eigenvalue weighted by Crippen LogP contribution is 2.28. The third kappa shape index (κ3) is 3.43. The van der Waals surface area contributed by atoms with Crippen LogP contribution >= 0.6 is 11.6 Å². The molecule has 0 bridgehead atoms. The van der Waals surface area contributed by atoms with Crippen LogP contribution in [0.3, 0.4) is 0 Å². The van der Waals surface area contributed by atoms with E-state index in [1.807, 2.05) is 6.92 Å². The fourth-order valence-corrected chi connectivity index (χ4v) is 5.63. The Labute approximate surface area is 122 Å². The molecule has 0 spiro atoms. The molecule has 0 aliphatic carbocycles.